The number of hydrazone groups is 1. The fraction of sp³-hybridized carbons (Fsp3) is 0.455. The Kier molecular flexibility index (Phi) is 5.85. The van der Waals surface area contributed by atoms with E-state index >= 15 is 0 Å². The Morgan fingerprint density at radius 3 is 2.73 bits per heavy atom. The Balaban J connectivity index is 1.39. The van der Waals surface area contributed by atoms with Crippen LogP contribution in [0.15, 0.2) is 53.4 Å². The molecule has 0 aromatic carbocycles. The lowest BCUT2D eigenvalue weighted by Gasteiger charge is -2.44. The molecule has 7 nitrogen and oxygen atoms in total. The Bertz CT molecular complexity index is 903. The van der Waals surface area contributed by atoms with Crippen molar-refractivity contribution in [3.8, 4) is 0 Å². The zero-order chi connectivity index (χ0) is 21.1. The van der Waals surface area contributed by atoms with E-state index in [-0.39, 0.29) is 11.3 Å². The Morgan fingerprint density at radius 2 is 2.03 bits per heavy atom. The summed E-state index contributed by atoms with van der Waals surface area (Å²) in [4.78, 5) is 22.8. The van der Waals surface area contributed by atoms with Gasteiger partial charge >= 0.3 is 0 Å². The van der Waals surface area contributed by atoms with Crippen LogP contribution in [0.2, 0.25) is 0 Å². The second kappa shape index (κ2) is 8.55. The second-order valence-electron chi connectivity index (χ2n) is 8.07. The average Bonchev–Trinajstić information content (AvgIpc) is 2.77. The van der Waals surface area contributed by atoms with E-state index in [1.54, 1.807) is 6.92 Å². The molecular weight excluding hydrogens is 396 g/mol. The molecule has 2 aliphatic heterocycles. The highest BCUT2D eigenvalue weighted by atomic mass is 32.1. The maximum absolute atomic E-state index is 12.1. The van der Waals surface area contributed by atoms with Gasteiger partial charge in [-0.2, -0.15) is 5.10 Å². The summed E-state index contributed by atoms with van der Waals surface area (Å²) in [6, 6.07) is 5.98. The van der Waals surface area contributed by atoms with Gasteiger partial charge in [0.05, 0.1) is 11.1 Å². The van der Waals surface area contributed by atoms with E-state index in [1.165, 1.54) is 0 Å². The van der Waals surface area contributed by atoms with Gasteiger partial charge in [0, 0.05) is 58.0 Å². The number of likely N-dealkylation sites (tertiary alicyclic amines) is 1. The molecule has 1 aliphatic carbocycles. The minimum Gasteiger partial charge on any atom is -0.353 e. The predicted octanol–water partition coefficient (Wildman–Crippen LogP) is 2.54. The van der Waals surface area contributed by atoms with Crippen molar-refractivity contribution in [2.24, 2.45) is 10.5 Å². The molecule has 30 heavy (non-hydrogen) atoms. The number of hydrogen-bond donors (Lipinski definition) is 1. The highest BCUT2D eigenvalue weighted by Gasteiger charge is 2.42. The normalized spacial score (nSPS) is 25.1. The molecule has 3 aliphatic rings. The molecule has 2 fully saturated rings. The van der Waals surface area contributed by atoms with E-state index < -0.39 is 0 Å². The summed E-state index contributed by atoms with van der Waals surface area (Å²) >= 11 is 5.63. The fourth-order valence-electron chi connectivity index (χ4n) is 4.39. The van der Waals surface area contributed by atoms with Gasteiger partial charge in [0.2, 0.25) is 5.91 Å². The predicted molar refractivity (Wildman–Crippen MR) is 123 cm³/mol. The molecule has 3 heterocycles. The van der Waals surface area contributed by atoms with Crippen LogP contribution in [-0.2, 0) is 4.79 Å². The molecule has 8 heteroatoms. The van der Waals surface area contributed by atoms with Gasteiger partial charge in [0.15, 0.2) is 5.11 Å². The van der Waals surface area contributed by atoms with Gasteiger partial charge in [-0.05, 0) is 43.8 Å². The Hall–Kier alpha value is -2.74. The van der Waals surface area contributed by atoms with Crippen molar-refractivity contribution in [2.75, 3.05) is 37.6 Å². The smallest absolute Gasteiger partial charge is 0.223 e. The van der Waals surface area contributed by atoms with Crippen LogP contribution in [0.3, 0.4) is 0 Å². The monoisotopic (exact) mass is 424 g/mol. The number of fused-ring (bicyclic) bond motifs is 1. The zero-order valence-corrected chi connectivity index (χ0v) is 18.4. The minimum absolute atomic E-state index is 0.0797. The number of rotatable bonds is 2. The molecule has 4 rings (SSSR count). The van der Waals surface area contributed by atoms with Crippen molar-refractivity contribution in [3.63, 3.8) is 0 Å². The topological polar surface area (TPSA) is 64.1 Å². The number of nitrogens with zero attached hydrogens (tertiary/aromatic N) is 5. The molecule has 0 radical (unpaired) electrons. The van der Waals surface area contributed by atoms with E-state index in [1.807, 2.05) is 41.4 Å². The van der Waals surface area contributed by atoms with Crippen LogP contribution in [0.1, 0.15) is 26.7 Å². The minimum atomic E-state index is -0.279. The summed E-state index contributed by atoms with van der Waals surface area (Å²) in [6.45, 7) is 7.84. The highest BCUT2D eigenvalue weighted by Crippen LogP contribution is 2.42. The number of pyridine rings is 1. The van der Waals surface area contributed by atoms with Crippen LogP contribution in [0.25, 0.3) is 0 Å². The summed E-state index contributed by atoms with van der Waals surface area (Å²) in [5.74, 6) is 1.09. The number of carbonyl (C=O) groups is 1. The SMILES string of the molecule is CC(=O)N1CC/C(=N/NC(=S)N2CCN(c3ccccn3)CC2)C2(C)CC=CC=C12. The van der Waals surface area contributed by atoms with Crippen molar-refractivity contribution in [2.45, 2.75) is 26.7 Å². The number of carbonyl (C=O) groups excluding carboxylic acids is 1. The summed E-state index contributed by atoms with van der Waals surface area (Å²) in [5, 5.41) is 5.38. The van der Waals surface area contributed by atoms with Crippen molar-refractivity contribution >= 4 is 34.8 Å². The first-order chi connectivity index (χ1) is 14.5. The van der Waals surface area contributed by atoms with Crippen molar-refractivity contribution in [3.05, 3.63) is 48.3 Å². The van der Waals surface area contributed by atoms with Crippen molar-refractivity contribution in [1.82, 2.24) is 20.2 Å². The first-order valence-corrected chi connectivity index (χ1v) is 10.8. The lowest BCUT2D eigenvalue weighted by Crippen LogP contribution is -2.52. The van der Waals surface area contributed by atoms with E-state index in [0.29, 0.717) is 11.7 Å². The number of nitrogens with one attached hydrogen (secondary N) is 1. The lowest BCUT2D eigenvalue weighted by atomic mass is 9.72. The molecule has 1 atom stereocenters. The maximum Gasteiger partial charge on any atom is 0.223 e. The second-order valence-corrected chi connectivity index (χ2v) is 8.46. The number of piperidine rings is 1. The molecule has 1 unspecified atom stereocenters. The van der Waals surface area contributed by atoms with Crippen LogP contribution < -0.4 is 10.3 Å². The number of hydrogen-bond acceptors (Lipinski definition) is 5. The molecule has 0 bridgehead atoms. The molecule has 0 spiro atoms. The first kappa shape index (κ1) is 20.5. The van der Waals surface area contributed by atoms with Crippen LogP contribution >= 0.6 is 12.2 Å². The van der Waals surface area contributed by atoms with Gasteiger partial charge < -0.3 is 14.7 Å². The van der Waals surface area contributed by atoms with E-state index in [2.05, 4.69) is 33.2 Å². The van der Waals surface area contributed by atoms with Gasteiger partial charge in [-0.15, -0.1) is 0 Å². The van der Waals surface area contributed by atoms with Gasteiger partial charge in [-0.1, -0.05) is 18.2 Å². The quantitative estimate of drug-likeness (QED) is 0.582. The van der Waals surface area contributed by atoms with Crippen LogP contribution in [0.4, 0.5) is 5.82 Å². The standard InChI is InChI=1S/C22H28N6OS/c1-17(29)28-12-9-18(22(2)10-5-3-7-19(22)28)24-25-21(30)27-15-13-26(14-16-27)20-8-4-6-11-23-20/h3-8,11H,9-10,12-16H2,1-2H3,(H,25,30)/b24-18-. The number of amides is 1. The first-order valence-electron chi connectivity index (χ1n) is 10.4. The van der Waals surface area contributed by atoms with Gasteiger partial charge in [-0.25, -0.2) is 4.98 Å². The third-order valence-electron chi connectivity index (χ3n) is 6.19. The van der Waals surface area contributed by atoms with Gasteiger partial charge in [-0.3, -0.25) is 10.2 Å². The summed E-state index contributed by atoms with van der Waals surface area (Å²) in [6.07, 6.45) is 9.59. The van der Waals surface area contributed by atoms with Crippen LogP contribution in [0, 0.1) is 5.41 Å². The fourth-order valence-corrected chi connectivity index (χ4v) is 4.62. The highest BCUT2D eigenvalue weighted by molar-refractivity contribution is 7.80. The number of aromatic nitrogens is 1. The largest absolute Gasteiger partial charge is 0.353 e. The van der Waals surface area contributed by atoms with Crippen molar-refractivity contribution in [1.29, 1.82) is 0 Å². The molecular formula is C22H28N6OS. The number of allylic oxidation sites excluding steroid dienone is 4. The molecule has 1 N–H and O–H groups in total. The van der Waals surface area contributed by atoms with E-state index in [0.717, 1.165) is 56.2 Å². The third-order valence-corrected chi connectivity index (χ3v) is 6.54. The summed E-state index contributed by atoms with van der Waals surface area (Å²) < 4.78 is 0. The Morgan fingerprint density at radius 1 is 1.23 bits per heavy atom. The third kappa shape index (κ3) is 3.96. The van der Waals surface area contributed by atoms with Gasteiger partial charge in [0.1, 0.15) is 5.82 Å². The van der Waals surface area contributed by atoms with E-state index in [4.69, 9.17) is 17.3 Å². The van der Waals surface area contributed by atoms with E-state index in [9.17, 15) is 4.79 Å². The number of anilines is 1. The molecule has 0 saturated carbocycles. The molecule has 1 aromatic rings. The summed E-state index contributed by atoms with van der Waals surface area (Å²) in [7, 11) is 0. The summed E-state index contributed by atoms with van der Waals surface area (Å²) in [5.41, 5.74) is 4.93. The van der Waals surface area contributed by atoms with Crippen molar-refractivity contribution < 1.29 is 4.79 Å². The lowest BCUT2D eigenvalue weighted by molar-refractivity contribution is -0.127. The Labute approximate surface area is 183 Å². The molecule has 1 amide bonds. The zero-order valence-electron chi connectivity index (χ0n) is 17.5. The molecule has 2 saturated heterocycles. The number of piperazine rings is 1. The maximum atomic E-state index is 12.1. The van der Waals surface area contributed by atoms with Gasteiger partial charge in [0.25, 0.3) is 0 Å². The molecule has 158 valence electrons. The molecule has 1 aromatic heterocycles. The van der Waals surface area contributed by atoms with Crippen LogP contribution in [-0.4, -0.2) is 64.2 Å². The van der Waals surface area contributed by atoms with Crippen LogP contribution in [0.5, 0.6) is 0 Å². The average molecular weight is 425 g/mol. The number of thiocarbonyl (C=S) groups is 1.